The zero-order chi connectivity index (χ0) is 17.2. The van der Waals surface area contributed by atoms with Crippen molar-refractivity contribution >= 4 is 5.57 Å². The maximum atomic E-state index is 12.8. The van der Waals surface area contributed by atoms with E-state index in [0.717, 1.165) is 17.7 Å². The third-order valence-corrected chi connectivity index (χ3v) is 3.63. The van der Waals surface area contributed by atoms with Gasteiger partial charge in [0.25, 0.3) is 0 Å². The lowest BCUT2D eigenvalue weighted by atomic mass is 9.93. The number of aryl methyl sites for hydroxylation is 1. The standard InChI is InChI=1S/C18H17F3O2/c1-11-7-8-14(17(22)23-3)10-16(11)12(2)13-5-4-6-15(9-13)18(19,20)21/h4-10,17,22H,2H2,1,3H3. The Bertz CT molecular complexity index is 720. The van der Waals surface area contributed by atoms with Gasteiger partial charge in [-0.25, -0.2) is 0 Å². The molecule has 5 heteroatoms. The minimum absolute atomic E-state index is 0.381. The summed E-state index contributed by atoms with van der Waals surface area (Å²) in [5.74, 6) is 0. The number of hydrogen-bond donors (Lipinski definition) is 1. The van der Waals surface area contributed by atoms with Gasteiger partial charge < -0.3 is 9.84 Å². The normalized spacial score (nSPS) is 13.0. The highest BCUT2D eigenvalue weighted by molar-refractivity contribution is 5.80. The van der Waals surface area contributed by atoms with Gasteiger partial charge in [-0.1, -0.05) is 30.8 Å². The Hall–Kier alpha value is -2.11. The molecule has 0 aromatic heterocycles. The molecular formula is C18H17F3O2. The zero-order valence-corrected chi connectivity index (χ0v) is 12.8. The van der Waals surface area contributed by atoms with E-state index in [4.69, 9.17) is 4.74 Å². The summed E-state index contributed by atoms with van der Waals surface area (Å²) in [6.45, 7) is 5.75. The summed E-state index contributed by atoms with van der Waals surface area (Å²) in [4.78, 5) is 0. The SMILES string of the molecule is C=C(c1cccc(C(F)(F)F)c1)c1cc(C(O)OC)ccc1C. The molecule has 0 saturated carbocycles. The van der Waals surface area contributed by atoms with Crippen molar-refractivity contribution in [3.8, 4) is 0 Å². The van der Waals surface area contributed by atoms with Crippen molar-refractivity contribution in [1.29, 1.82) is 0 Å². The molecule has 0 aliphatic rings. The van der Waals surface area contributed by atoms with Crippen LogP contribution in [0.25, 0.3) is 5.57 Å². The Morgan fingerprint density at radius 3 is 2.48 bits per heavy atom. The van der Waals surface area contributed by atoms with E-state index in [-0.39, 0.29) is 0 Å². The van der Waals surface area contributed by atoms with Gasteiger partial charge >= 0.3 is 6.18 Å². The van der Waals surface area contributed by atoms with E-state index in [2.05, 4.69) is 6.58 Å². The van der Waals surface area contributed by atoms with Crippen LogP contribution >= 0.6 is 0 Å². The number of benzene rings is 2. The van der Waals surface area contributed by atoms with Crippen molar-refractivity contribution in [2.24, 2.45) is 0 Å². The van der Waals surface area contributed by atoms with Gasteiger partial charge in [-0.05, 0) is 47.4 Å². The number of hydrogen-bond acceptors (Lipinski definition) is 2. The highest BCUT2D eigenvalue weighted by atomic mass is 19.4. The van der Waals surface area contributed by atoms with Crippen LogP contribution in [0.1, 0.15) is 34.1 Å². The Kier molecular flexibility index (Phi) is 4.92. The zero-order valence-electron chi connectivity index (χ0n) is 12.8. The predicted molar refractivity (Wildman–Crippen MR) is 82.7 cm³/mol. The Morgan fingerprint density at radius 1 is 1.17 bits per heavy atom. The molecule has 0 amide bonds. The molecule has 0 spiro atoms. The smallest absolute Gasteiger partial charge is 0.364 e. The van der Waals surface area contributed by atoms with E-state index in [1.54, 1.807) is 24.3 Å². The summed E-state index contributed by atoms with van der Waals surface area (Å²) in [6.07, 6.45) is -5.50. The lowest BCUT2D eigenvalue weighted by Gasteiger charge is -2.15. The molecule has 122 valence electrons. The van der Waals surface area contributed by atoms with Crippen molar-refractivity contribution in [3.05, 3.63) is 76.9 Å². The maximum absolute atomic E-state index is 12.8. The fraction of sp³-hybridized carbons (Fsp3) is 0.222. The largest absolute Gasteiger partial charge is 0.416 e. The van der Waals surface area contributed by atoms with Crippen LogP contribution in [-0.2, 0) is 10.9 Å². The van der Waals surface area contributed by atoms with E-state index in [1.165, 1.54) is 13.2 Å². The molecule has 23 heavy (non-hydrogen) atoms. The van der Waals surface area contributed by atoms with E-state index < -0.39 is 18.0 Å². The van der Waals surface area contributed by atoms with Crippen LogP contribution in [0.15, 0.2) is 49.0 Å². The average molecular weight is 322 g/mol. The Balaban J connectivity index is 2.45. The second kappa shape index (κ2) is 6.56. The van der Waals surface area contributed by atoms with Gasteiger partial charge in [-0.3, -0.25) is 0 Å². The van der Waals surface area contributed by atoms with Crippen LogP contribution in [0.2, 0.25) is 0 Å². The van der Waals surface area contributed by atoms with Crippen molar-refractivity contribution < 1.29 is 23.0 Å². The van der Waals surface area contributed by atoms with Crippen molar-refractivity contribution in [1.82, 2.24) is 0 Å². The molecule has 0 radical (unpaired) electrons. The predicted octanol–water partition coefficient (Wildman–Crippen LogP) is 4.71. The van der Waals surface area contributed by atoms with Gasteiger partial charge in [-0.15, -0.1) is 0 Å². The molecule has 1 N–H and O–H groups in total. The van der Waals surface area contributed by atoms with Crippen LogP contribution in [0.4, 0.5) is 13.2 Å². The number of alkyl halides is 3. The molecule has 1 atom stereocenters. The number of rotatable bonds is 4. The van der Waals surface area contributed by atoms with E-state index >= 15 is 0 Å². The topological polar surface area (TPSA) is 29.5 Å². The van der Waals surface area contributed by atoms with Crippen LogP contribution in [-0.4, -0.2) is 12.2 Å². The number of aliphatic hydroxyl groups excluding tert-OH is 1. The van der Waals surface area contributed by atoms with Crippen molar-refractivity contribution in [2.75, 3.05) is 7.11 Å². The second-order valence-corrected chi connectivity index (χ2v) is 5.22. The van der Waals surface area contributed by atoms with Crippen molar-refractivity contribution in [3.63, 3.8) is 0 Å². The number of methoxy groups -OCH3 is 1. The summed E-state index contributed by atoms with van der Waals surface area (Å²) in [5.41, 5.74) is 2.14. The molecule has 0 bridgehead atoms. The van der Waals surface area contributed by atoms with E-state index in [9.17, 15) is 18.3 Å². The fourth-order valence-corrected chi connectivity index (χ4v) is 2.29. The average Bonchev–Trinajstić information content (AvgIpc) is 2.53. The van der Waals surface area contributed by atoms with Gasteiger partial charge in [0.1, 0.15) is 0 Å². The van der Waals surface area contributed by atoms with Crippen molar-refractivity contribution in [2.45, 2.75) is 19.4 Å². The molecule has 2 aromatic rings. The second-order valence-electron chi connectivity index (χ2n) is 5.22. The molecular weight excluding hydrogens is 305 g/mol. The number of halogens is 3. The first-order chi connectivity index (χ1) is 10.7. The van der Waals surface area contributed by atoms with Crippen LogP contribution < -0.4 is 0 Å². The fourth-order valence-electron chi connectivity index (χ4n) is 2.29. The molecule has 2 rings (SSSR count). The van der Waals surface area contributed by atoms with E-state index in [0.29, 0.717) is 22.3 Å². The van der Waals surface area contributed by atoms with Gasteiger partial charge in [0.2, 0.25) is 0 Å². The number of aliphatic hydroxyl groups is 1. The van der Waals surface area contributed by atoms with Crippen LogP contribution in [0.5, 0.6) is 0 Å². The lowest BCUT2D eigenvalue weighted by molar-refractivity contribution is -0.137. The first-order valence-corrected chi connectivity index (χ1v) is 6.92. The minimum atomic E-state index is -4.40. The third kappa shape index (κ3) is 3.81. The molecule has 2 nitrogen and oxygen atoms in total. The summed E-state index contributed by atoms with van der Waals surface area (Å²) in [6, 6.07) is 10.2. The highest BCUT2D eigenvalue weighted by Gasteiger charge is 2.30. The van der Waals surface area contributed by atoms with Gasteiger partial charge in [-0.2, -0.15) is 13.2 Å². The summed E-state index contributed by atoms with van der Waals surface area (Å²) in [5, 5.41) is 9.75. The molecule has 0 aliphatic carbocycles. The number of ether oxygens (including phenoxy) is 1. The van der Waals surface area contributed by atoms with Gasteiger partial charge in [0.05, 0.1) is 5.56 Å². The Morgan fingerprint density at radius 2 is 1.87 bits per heavy atom. The highest BCUT2D eigenvalue weighted by Crippen LogP contribution is 2.33. The summed E-state index contributed by atoms with van der Waals surface area (Å²) < 4.78 is 43.4. The summed E-state index contributed by atoms with van der Waals surface area (Å²) in [7, 11) is 1.37. The molecule has 0 heterocycles. The molecule has 0 fully saturated rings. The Labute approximate surface area is 132 Å². The van der Waals surface area contributed by atoms with E-state index in [1.807, 2.05) is 6.92 Å². The lowest BCUT2D eigenvalue weighted by Crippen LogP contribution is -2.05. The summed E-state index contributed by atoms with van der Waals surface area (Å²) >= 11 is 0. The first kappa shape index (κ1) is 17.2. The quantitative estimate of drug-likeness (QED) is 0.826. The first-order valence-electron chi connectivity index (χ1n) is 6.92. The monoisotopic (exact) mass is 322 g/mol. The third-order valence-electron chi connectivity index (χ3n) is 3.63. The van der Waals surface area contributed by atoms with Crippen LogP contribution in [0.3, 0.4) is 0 Å². The maximum Gasteiger partial charge on any atom is 0.416 e. The molecule has 2 aromatic carbocycles. The molecule has 0 saturated heterocycles. The molecule has 1 unspecified atom stereocenters. The van der Waals surface area contributed by atoms with Gasteiger partial charge in [0.15, 0.2) is 6.29 Å². The van der Waals surface area contributed by atoms with Crippen LogP contribution in [0, 0.1) is 6.92 Å². The minimum Gasteiger partial charge on any atom is -0.364 e. The van der Waals surface area contributed by atoms with Gasteiger partial charge in [0, 0.05) is 12.7 Å². The molecule has 0 aliphatic heterocycles.